The second-order valence-corrected chi connectivity index (χ2v) is 4.98. The first kappa shape index (κ1) is 12.8. The van der Waals surface area contributed by atoms with E-state index in [0.717, 1.165) is 28.2 Å². The SMILES string of the molecule is Cc1cccc(C(N)=S)c1-n1nc(C)c(C)c1C. The van der Waals surface area contributed by atoms with E-state index in [1.165, 1.54) is 5.56 Å². The Hall–Kier alpha value is -1.68. The molecule has 0 amide bonds. The van der Waals surface area contributed by atoms with Crippen LogP contribution in [0.25, 0.3) is 5.69 Å². The quantitative estimate of drug-likeness (QED) is 0.843. The summed E-state index contributed by atoms with van der Waals surface area (Å²) >= 11 is 5.13. The van der Waals surface area contributed by atoms with Crippen molar-refractivity contribution >= 4 is 17.2 Å². The summed E-state index contributed by atoms with van der Waals surface area (Å²) in [5, 5.41) is 4.59. The van der Waals surface area contributed by atoms with E-state index in [9.17, 15) is 0 Å². The van der Waals surface area contributed by atoms with E-state index in [1.54, 1.807) is 0 Å². The fourth-order valence-electron chi connectivity index (χ4n) is 2.08. The molecule has 0 aliphatic rings. The summed E-state index contributed by atoms with van der Waals surface area (Å²) in [6.45, 7) is 8.19. The molecule has 4 heteroatoms. The summed E-state index contributed by atoms with van der Waals surface area (Å²) in [4.78, 5) is 0.402. The second kappa shape index (κ2) is 4.53. The zero-order valence-corrected chi connectivity index (χ0v) is 11.9. The van der Waals surface area contributed by atoms with Gasteiger partial charge in [0.2, 0.25) is 0 Å². The van der Waals surface area contributed by atoms with Gasteiger partial charge in [-0.05, 0) is 44.9 Å². The Morgan fingerprint density at radius 2 is 1.89 bits per heavy atom. The van der Waals surface area contributed by atoms with Crippen LogP contribution in [0.5, 0.6) is 0 Å². The molecular formula is C14H17N3S. The van der Waals surface area contributed by atoms with Crippen molar-refractivity contribution in [3.63, 3.8) is 0 Å². The molecule has 1 heterocycles. The molecule has 0 saturated carbocycles. The maximum Gasteiger partial charge on any atom is 0.106 e. The van der Waals surface area contributed by atoms with E-state index in [0.29, 0.717) is 4.99 Å². The Morgan fingerprint density at radius 1 is 1.22 bits per heavy atom. The molecule has 94 valence electrons. The van der Waals surface area contributed by atoms with Crippen molar-refractivity contribution in [1.82, 2.24) is 9.78 Å². The highest BCUT2D eigenvalue weighted by Gasteiger charge is 2.15. The van der Waals surface area contributed by atoms with Crippen molar-refractivity contribution in [3.05, 3.63) is 46.3 Å². The Bertz CT molecular complexity index is 626. The average Bonchev–Trinajstić information content (AvgIpc) is 2.56. The van der Waals surface area contributed by atoms with Crippen LogP contribution in [0.2, 0.25) is 0 Å². The minimum Gasteiger partial charge on any atom is -0.389 e. The van der Waals surface area contributed by atoms with Crippen LogP contribution in [0.15, 0.2) is 18.2 Å². The summed E-state index contributed by atoms with van der Waals surface area (Å²) in [6.07, 6.45) is 0. The molecule has 2 aromatic rings. The van der Waals surface area contributed by atoms with Gasteiger partial charge in [-0.3, -0.25) is 0 Å². The third kappa shape index (κ3) is 1.93. The highest BCUT2D eigenvalue weighted by molar-refractivity contribution is 7.80. The standard InChI is InChI=1S/C14H17N3S/c1-8-6-5-7-12(14(15)18)13(8)17-11(4)9(2)10(3)16-17/h5-7H,1-4H3,(H2,15,18). The van der Waals surface area contributed by atoms with Gasteiger partial charge in [-0.15, -0.1) is 0 Å². The van der Waals surface area contributed by atoms with Crippen molar-refractivity contribution in [1.29, 1.82) is 0 Å². The molecule has 1 aromatic carbocycles. The predicted molar refractivity (Wildman–Crippen MR) is 78.4 cm³/mol. The lowest BCUT2D eigenvalue weighted by Gasteiger charge is -2.13. The van der Waals surface area contributed by atoms with Crippen LogP contribution < -0.4 is 5.73 Å². The third-order valence-electron chi connectivity index (χ3n) is 3.37. The van der Waals surface area contributed by atoms with Crippen molar-refractivity contribution in [2.75, 3.05) is 0 Å². The van der Waals surface area contributed by atoms with Crippen LogP contribution in [-0.2, 0) is 0 Å². The Kier molecular flexibility index (Phi) is 3.22. The molecule has 0 bridgehead atoms. The number of benzene rings is 1. The van der Waals surface area contributed by atoms with E-state index in [-0.39, 0.29) is 0 Å². The van der Waals surface area contributed by atoms with E-state index >= 15 is 0 Å². The number of aromatic nitrogens is 2. The van der Waals surface area contributed by atoms with Gasteiger partial charge in [-0.2, -0.15) is 5.10 Å². The largest absolute Gasteiger partial charge is 0.389 e. The van der Waals surface area contributed by atoms with Crippen molar-refractivity contribution in [2.24, 2.45) is 5.73 Å². The molecule has 1 aromatic heterocycles. The summed E-state index contributed by atoms with van der Waals surface area (Å²) in [5.41, 5.74) is 12.1. The molecule has 0 unspecified atom stereocenters. The Balaban J connectivity index is 2.78. The number of hydrogen-bond acceptors (Lipinski definition) is 2. The normalized spacial score (nSPS) is 10.7. The minimum absolute atomic E-state index is 0.402. The molecule has 0 aliphatic heterocycles. The molecule has 3 nitrogen and oxygen atoms in total. The molecular weight excluding hydrogens is 242 g/mol. The van der Waals surface area contributed by atoms with Gasteiger partial charge < -0.3 is 5.73 Å². The smallest absolute Gasteiger partial charge is 0.106 e. The van der Waals surface area contributed by atoms with E-state index < -0.39 is 0 Å². The van der Waals surface area contributed by atoms with Crippen molar-refractivity contribution in [2.45, 2.75) is 27.7 Å². The van der Waals surface area contributed by atoms with Gasteiger partial charge in [0.05, 0.1) is 11.4 Å². The highest BCUT2D eigenvalue weighted by Crippen LogP contribution is 2.23. The number of thiocarbonyl (C=S) groups is 1. The molecule has 0 atom stereocenters. The molecule has 2 rings (SSSR count). The average molecular weight is 259 g/mol. The fraction of sp³-hybridized carbons (Fsp3) is 0.286. The van der Waals surface area contributed by atoms with Crippen LogP contribution in [0.1, 0.15) is 28.1 Å². The van der Waals surface area contributed by atoms with Crippen molar-refractivity contribution < 1.29 is 0 Å². The first-order valence-electron chi connectivity index (χ1n) is 5.86. The number of nitrogens with two attached hydrogens (primary N) is 1. The molecule has 0 saturated heterocycles. The van der Waals surface area contributed by atoms with Gasteiger partial charge >= 0.3 is 0 Å². The Labute approximate surface area is 113 Å². The van der Waals surface area contributed by atoms with Crippen LogP contribution in [0.4, 0.5) is 0 Å². The van der Waals surface area contributed by atoms with Gasteiger partial charge in [0, 0.05) is 11.3 Å². The topological polar surface area (TPSA) is 43.8 Å². The van der Waals surface area contributed by atoms with Gasteiger partial charge in [0.25, 0.3) is 0 Å². The maximum atomic E-state index is 5.81. The number of aryl methyl sites for hydroxylation is 2. The van der Waals surface area contributed by atoms with E-state index in [1.807, 2.05) is 36.7 Å². The summed E-state index contributed by atoms with van der Waals surface area (Å²) in [5.74, 6) is 0. The molecule has 0 fully saturated rings. The van der Waals surface area contributed by atoms with Crippen molar-refractivity contribution in [3.8, 4) is 5.69 Å². The monoisotopic (exact) mass is 259 g/mol. The van der Waals surface area contributed by atoms with Crippen LogP contribution >= 0.6 is 12.2 Å². The second-order valence-electron chi connectivity index (χ2n) is 4.54. The van der Waals surface area contributed by atoms with Gasteiger partial charge in [0.1, 0.15) is 4.99 Å². The lowest BCUT2D eigenvalue weighted by Crippen LogP contribution is -2.15. The van der Waals surface area contributed by atoms with Gasteiger partial charge in [0.15, 0.2) is 0 Å². The zero-order chi connectivity index (χ0) is 13.4. The Morgan fingerprint density at radius 3 is 2.39 bits per heavy atom. The number of rotatable bonds is 2. The minimum atomic E-state index is 0.402. The molecule has 2 N–H and O–H groups in total. The lowest BCUT2D eigenvalue weighted by molar-refractivity contribution is 0.825. The highest BCUT2D eigenvalue weighted by atomic mass is 32.1. The first-order chi connectivity index (χ1) is 8.43. The number of hydrogen-bond donors (Lipinski definition) is 1. The molecule has 0 spiro atoms. The number of para-hydroxylation sites is 1. The predicted octanol–water partition coefficient (Wildman–Crippen LogP) is 2.74. The molecule has 0 aliphatic carbocycles. The van der Waals surface area contributed by atoms with E-state index in [2.05, 4.69) is 18.9 Å². The lowest BCUT2D eigenvalue weighted by atomic mass is 10.1. The summed E-state index contributed by atoms with van der Waals surface area (Å²) < 4.78 is 1.94. The van der Waals surface area contributed by atoms with Crippen LogP contribution in [0, 0.1) is 27.7 Å². The van der Waals surface area contributed by atoms with E-state index in [4.69, 9.17) is 18.0 Å². The van der Waals surface area contributed by atoms with Gasteiger partial charge in [-0.1, -0.05) is 24.4 Å². The van der Waals surface area contributed by atoms with Gasteiger partial charge in [-0.25, -0.2) is 4.68 Å². The number of nitrogens with zero attached hydrogens (tertiary/aromatic N) is 2. The zero-order valence-electron chi connectivity index (χ0n) is 11.1. The maximum absolute atomic E-state index is 5.81. The molecule has 18 heavy (non-hydrogen) atoms. The molecule has 0 radical (unpaired) electrons. The first-order valence-corrected chi connectivity index (χ1v) is 6.27. The van der Waals surface area contributed by atoms with Crippen LogP contribution in [0.3, 0.4) is 0 Å². The fourth-order valence-corrected chi connectivity index (χ4v) is 2.24. The summed E-state index contributed by atoms with van der Waals surface area (Å²) in [6, 6.07) is 5.95. The third-order valence-corrected chi connectivity index (χ3v) is 3.59. The van der Waals surface area contributed by atoms with Crippen LogP contribution in [-0.4, -0.2) is 14.8 Å². The summed E-state index contributed by atoms with van der Waals surface area (Å²) in [7, 11) is 0.